The molecule has 0 amide bonds. The average molecular weight is 312 g/mol. The third-order valence-corrected chi connectivity index (χ3v) is 4.98. The first-order valence-corrected chi connectivity index (χ1v) is 9.70. The van der Waals surface area contributed by atoms with Crippen LogP contribution in [0.25, 0.3) is 0 Å². The molecule has 3 heteroatoms. The van der Waals surface area contributed by atoms with Crippen molar-refractivity contribution in [3.05, 3.63) is 0 Å². The van der Waals surface area contributed by atoms with E-state index in [4.69, 9.17) is 5.11 Å². The van der Waals surface area contributed by atoms with Crippen LogP contribution in [0.15, 0.2) is 0 Å². The molecule has 0 aromatic heterocycles. The predicted molar refractivity (Wildman–Crippen MR) is 93.3 cm³/mol. The Bertz CT molecular complexity index is 281. The van der Waals surface area contributed by atoms with Gasteiger partial charge in [-0.25, -0.2) is 0 Å². The first kappa shape index (κ1) is 19.5. The van der Waals surface area contributed by atoms with Crippen molar-refractivity contribution in [2.75, 3.05) is 13.1 Å². The van der Waals surface area contributed by atoms with Crippen LogP contribution in [0.1, 0.15) is 96.8 Å². The van der Waals surface area contributed by atoms with Crippen molar-refractivity contribution < 1.29 is 9.90 Å². The van der Waals surface area contributed by atoms with Crippen LogP contribution >= 0.6 is 0 Å². The molecule has 0 unspecified atom stereocenters. The molecule has 3 nitrogen and oxygen atoms in total. The van der Waals surface area contributed by atoms with Crippen LogP contribution in [0.3, 0.4) is 0 Å². The summed E-state index contributed by atoms with van der Waals surface area (Å²) in [6, 6.07) is 0.838. The summed E-state index contributed by atoms with van der Waals surface area (Å²) in [5, 5.41) is 8.62. The lowest BCUT2D eigenvalue weighted by atomic mass is 10.0. The second-order valence-electron chi connectivity index (χ2n) is 6.95. The molecule has 0 saturated carbocycles. The summed E-state index contributed by atoms with van der Waals surface area (Å²) in [5.41, 5.74) is 0. The van der Waals surface area contributed by atoms with Crippen LogP contribution in [-0.4, -0.2) is 35.1 Å². The van der Waals surface area contributed by atoms with E-state index < -0.39 is 5.97 Å². The van der Waals surface area contributed by atoms with Gasteiger partial charge in [0.05, 0.1) is 0 Å². The van der Waals surface area contributed by atoms with Crippen LogP contribution in [-0.2, 0) is 4.79 Å². The highest BCUT2D eigenvalue weighted by Gasteiger charge is 2.22. The zero-order valence-corrected chi connectivity index (χ0v) is 14.7. The molecule has 1 N–H and O–H groups in total. The Morgan fingerprint density at radius 1 is 1.00 bits per heavy atom. The molecule has 0 aliphatic carbocycles. The lowest BCUT2D eigenvalue weighted by Gasteiger charge is -2.24. The molecular formula is C19H37NO2. The van der Waals surface area contributed by atoms with E-state index in [1.165, 1.54) is 83.7 Å². The number of hydrogen-bond acceptors (Lipinski definition) is 2. The highest BCUT2D eigenvalue weighted by molar-refractivity contribution is 5.66. The maximum absolute atomic E-state index is 10.5. The summed E-state index contributed by atoms with van der Waals surface area (Å²) in [5.74, 6) is -0.654. The van der Waals surface area contributed by atoms with Gasteiger partial charge in [-0.3, -0.25) is 4.79 Å². The van der Waals surface area contributed by atoms with Crippen molar-refractivity contribution in [2.24, 2.45) is 0 Å². The molecule has 1 saturated heterocycles. The number of carboxylic acid groups (broad SMARTS) is 1. The molecule has 1 aliphatic rings. The topological polar surface area (TPSA) is 40.5 Å². The summed E-state index contributed by atoms with van der Waals surface area (Å²) in [4.78, 5) is 13.2. The SMILES string of the molecule is CCCCCCCC[C@H]1CCCN1CCCCCCC(=O)O. The molecule has 0 spiro atoms. The Hall–Kier alpha value is -0.570. The van der Waals surface area contributed by atoms with Crippen LogP contribution in [0.5, 0.6) is 0 Å². The van der Waals surface area contributed by atoms with Gasteiger partial charge in [0.2, 0.25) is 0 Å². The summed E-state index contributed by atoms with van der Waals surface area (Å²) >= 11 is 0. The smallest absolute Gasteiger partial charge is 0.303 e. The lowest BCUT2D eigenvalue weighted by Crippen LogP contribution is -2.30. The first-order valence-electron chi connectivity index (χ1n) is 9.70. The standard InChI is InChI=1S/C19H37NO2/c1-2-3-4-5-6-9-13-18-14-12-17-20(18)16-11-8-7-10-15-19(21)22/h18H,2-17H2,1H3,(H,21,22)/t18-/m0/s1. The highest BCUT2D eigenvalue weighted by atomic mass is 16.4. The third kappa shape index (κ3) is 9.45. The molecular weight excluding hydrogens is 274 g/mol. The number of carbonyl (C=O) groups is 1. The normalized spacial score (nSPS) is 18.9. The van der Waals surface area contributed by atoms with Crippen molar-refractivity contribution in [3.63, 3.8) is 0 Å². The first-order chi connectivity index (χ1) is 10.7. The largest absolute Gasteiger partial charge is 0.481 e. The molecule has 0 aromatic carbocycles. The number of rotatable bonds is 14. The quantitative estimate of drug-likeness (QED) is 0.446. The zero-order chi connectivity index (χ0) is 16.0. The van der Waals surface area contributed by atoms with Crippen molar-refractivity contribution in [1.82, 2.24) is 4.90 Å². The van der Waals surface area contributed by atoms with Gasteiger partial charge in [-0.15, -0.1) is 0 Å². The second-order valence-corrected chi connectivity index (χ2v) is 6.95. The minimum Gasteiger partial charge on any atom is -0.481 e. The highest BCUT2D eigenvalue weighted by Crippen LogP contribution is 2.23. The van der Waals surface area contributed by atoms with E-state index in [0.717, 1.165) is 18.9 Å². The van der Waals surface area contributed by atoms with Gasteiger partial charge in [0.1, 0.15) is 0 Å². The molecule has 1 aliphatic heterocycles. The average Bonchev–Trinajstić information content (AvgIpc) is 2.93. The van der Waals surface area contributed by atoms with Crippen LogP contribution in [0.4, 0.5) is 0 Å². The maximum Gasteiger partial charge on any atom is 0.303 e. The van der Waals surface area contributed by atoms with Crippen molar-refractivity contribution in [3.8, 4) is 0 Å². The maximum atomic E-state index is 10.5. The third-order valence-electron chi connectivity index (χ3n) is 4.98. The Labute approximate surface area is 137 Å². The van der Waals surface area contributed by atoms with Gasteiger partial charge in [0, 0.05) is 12.5 Å². The van der Waals surface area contributed by atoms with Crippen LogP contribution in [0, 0.1) is 0 Å². The molecule has 1 fully saturated rings. The monoisotopic (exact) mass is 311 g/mol. The van der Waals surface area contributed by atoms with E-state index in [0.29, 0.717) is 6.42 Å². The van der Waals surface area contributed by atoms with Gasteiger partial charge < -0.3 is 10.0 Å². The van der Waals surface area contributed by atoms with Crippen molar-refractivity contribution in [2.45, 2.75) is 103 Å². The zero-order valence-electron chi connectivity index (χ0n) is 14.7. The van der Waals surface area contributed by atoms with Gasteiger partial charge >= 0.3 is 5.97 Å². The summed E-state index contributed by atoms with van der Waals surface area (Å²) in [6.07, 6.45) is 17.2. The minimum absolute atomic E-state index is 0.338. The van der Waals surface area contributed by atoms with Gasteiger partial charge in [0.15, 0.2) is 0 Å². The number of likely N-dealkylation sites (tertiary alicyclic amines) is 1. The van der Waals surface area contributed by atoms with Crippen molar-refractivity contribution in [1.29, 1.82) is 0 Å². The Kier molecular flexibility index (Phi) is 11.4. The van der Waals surface area contributed by atoms with E-state index in [1.54, 1.807) is 0 Å². The van der Waals surface area contributed by atoms with E-state index in [9.17, 15) is 4.79 Å². The Morgan fingerprint density at radius 3 is 2.45 bits per heavy atom. The van der Waals surface area contributed by atoms with Gasteiger partial charge in [-0.1, -0.05) is 58.3 Å². The summed E-state index contributed by atoms with van der Waals surface area (Å²) in [7, 11) is 0. The number of carboxylic acids is 1. The van der Waals surface area contributed by atoms with Gasteiger partial charge in [0.25, 0.3) is 0 Å². The molecule has 0 aromatic rings. The number of nitrogens with zero attached hydrogens (tertiary/aromatic N) is 1. The number of unbranched alkanes of at least 4 members (excludes halogenated alkanes) is 8. The number of hydrogen-bond donors (Lipinski definition) is 1. The summed E-state index contributed by atoms with van der Waals surface area (Å²) < 4.78 is 0. The van der Waals surface area contributed by atoms with Crippen molar-refractivity contribution >= 4 is 5.97 Å². The van der Waals surface area contributed by atoms with Gasteiger partial charge in [-0.2, -0.15) is 0 Å². The fourth-order valence-corrected chi connectivity index (χ4v) is 3.62. The lowest BCUT2D eigenvalue weighted by molar-refractivity contribution is -0.137. The molecule has 1 heterocycles. The Morgan fingerprint density at radius 2 is 1.68 bits per heavy atom. The fourth-order valence-electron chi connectivity index (χ4n) is 3.62. The molecule has 22 heavy (non-hydrogen) atoms. The molecule has 1 atom stereocenters. The van der Waals surface area contributed by atoms with E-state index in [-0.39, 0.29) is 0 Å². The number of aliphatic carboxylic acids is 1. The van der Waals surface area contributed by atoms with Gasteiger partial charge in [-0.05, 0) is 45.2 Å². The Balaban J connectivity index is 1.99. The molecule has 0 bridgehead atoms. The molecule has 130 valence electrons. The molecule has 1 rings (SSSR count). The summed E-state index contributed by atoms with van der Waals surface area (Å²) in [6.45, 7) is 4.79. The van der Waals surface area contributed by atoms with E-state index in [1.807, 2.05) is 0 Å². The minimum atomic E-state index is -0.654. The molecule has 0 radical (unpaired) electrons. The van der Waals surface area contributed by atoms with E-state index in [2.05, 4.69) is 11.8 Å². The fraction of sp³-hybridized carbons (Fsp3) is 0.947. The van der Waals surface area contributed by atoms with E-state index >= 15 is 0 Å². The van der Waals surface area contributed by atoms with Crippen LogP contribution in [0.2, 0.25) is 0 Å². The predicted octanol–water partition coefficient (Wildman–Crippen LogP) is 5.24. The second kappa shape index (κ2) is 12.9. The van der Waals surface area contributed by atoms with Crippen LogP contribution < -0.4 is 0 Å².